The lowest BCUT2D eigenvalue weighted by atomic mass is 10.0. The van der Waals surface area contributed by atoms with Crippen LogP contribution in [0, 0.1) is 0 Å². The maximum Gasteiger partial charge on any atom is 0.116 e. The second kappa shape index (κ2) is 7.23. The molecule has 4 heterocycles. The van der Waals surface area contributed by atoms with Crippen molar-refractivity contribution in [1.82, 2.24) is 24.9 Å². The van der Waals surface area contributed by atoms with E-state index < -0.39 is 0 Å². The Morgan fingerprint density at radius 1 is 0.417 bits per heavy atom. The van der Waals surface area contributed by atoms with Gasteiger partial charge in [-0.25, -0.2) is 19.9 Å². The van der Waals surface area contributed by atoms with E-state index in [-0.39, 0.29) is 0 Å². The molecule has 8 rings (SSSR count). The van der Waals surface area contributed by atoms with Gasteiger partial charge in [-0.15, -0.1) is 0 Å². The van der Waals surface area contributed by atoms with E-state index in [4.69, 9.17) is 24.9 Å². The Morgan fingerprint density at radius 2 is 1.14 bits per heavy atom. The summed E-state index contributed by atoms with van der Waals surface area (Å²) >= 11 is 0. The smallest absolute Gasteiger partial charge is 0.116 e. The van der Waals surface area contributed by atoms with Gasteiger partial charge in [0.2, 0.25) is 0 Å². The zero-order valence-corrected chi connectivity index (χ0v) is 19.1. The SMILES string of the molecule is c1ccc2nc3cccc(-c4ccc5c6ncccc6c6nc7ccccc7nc6c5n4)c3cc2c1. The number of hydrogen-bond donors (Lipinski definition) is 0. The molecule has 4 aromatic heterocycles. The van der Waals surface area contributed by atoms with Gasteiger partial charge in [-0.05, 0) is 54.6 Å². The molecule has 0 fully saturated rings. The largest absolute Gasteiger partial charge is 0.255 e. The first-order chi connectivity index (χ1) is 17.8. The molecule has 0 unspecified atom stereocenters. The third-order valence-corrected chi connectivity index (χ3v) is 6.84. The van der Waals surface area contributed by atoms with Gasteiger partial charge in [0.05, 0.1) is 33.3 Å². The van der Waals surface area contributed by atoms with Gasteiger partial charge in [-0.3, -0.25) is 4.98 Å². The van der Waals surface area contributed by atoms with Crippen LogP contribution in [0.25, 0.3) is 76.9 Å². The summed E-state index contributed by atoms with van der Waals surface area (Å²) in [4.78, 5) is 24.8. The molecule has 4 aromatic carbocycles. The third kappa shape index (κ3) is 2.74. The van der Waals surface area contributed by atoms with Crippen LogP contribution in [-0.4, -0.2) is 24.9 Å². The Balaban J connectivity index is 1.49. The van der Waals surface area contributed by atoms with Gasteiger partial charge in [0.15, 0.2) is 0 Å². The van der Waals surface area contributed by atoms with Gasteiger partial charge in [0.1, 0.15) is 16.6 Å². The highest BCUT2D eigenvalue weighted by Gasteiger charge is 2.16. The second-order valence-electron chi connectivity index (χ2n) is 8.96. The van der Waals surface area contributed by atoms with Gasteiger partial charge in [0, 0.05) is 33.3 Å². The monoisotopic (exact) mass is 459 g/mol. The van der Waals surface area contributed by atoms with E-state index in [1.807, 2.05) is 60.8 Å². The molecule has 5 nitrogen and oxygen atoms in total. The van der Waals surface area contributed by atoms with E-state index in [1.165, 1.54) is 0 Å². The molecule has 0 aliphatic rings. The lowest BCUT2D eigenvalue weighted by Crippen LogP contribution is -1.95. The van der Waals surface area contributed by atoms with E-state index in [0.717, 1.165) is 76.9 Å². The van der Waals surface area contributed by atoms with Crippen molar-refractivity contribution in [3.63, 3.8) is 0 Å². The maximum atomic E-state index is 5.19. The molecule has 0 atom stereocenters. The minimum Gasteiger partial charge on any atom is -0.255 e. The highest BCUT2D eigenvalue weighted by Crippen LogP contribution is 2.35. The molecule has 8 aromatic rings. The molecule has 0 spiro atoms. The maximum absolute atomic E-state index is 5.19. The number of benzene rings is 4. The van der Waals surface area contributed by atoms with Crippen molar-refractivity contribution in [3.05, 3.63) is 103 Å². The van der Waals surface area contributed by atoms with Crippen molar-refractivity contribution in [2.45, 2.75) is 0 Å². The molecule has 0 aliphatic heterocycles. The molecule has 0 bridgehead atoms. The quantitative estimate of drug-likeness (QED) is 0.191. The van der Waals surface area contributed by atoms with Gasteiger partial charge >= 0.3 is 0 Å². The summed E-state index contributed by atoms with van der Waals surface area (Å²) in [7, 11) is 0. The molecule has 36 heavy (non-hydrogen) atoms. The van der Waals surface area contributed by atoms with Crippen molar-refractivity contribution in [2.24, 2.45) is 0 Å². The first-order valence-corrected chi connectivity index (χ1v) is 11.9. The number of hydrogen-bond acceptors (Lipinski definition) is 5. The van der Waals surface area contributed by atoms with Crippen molar-refractivity contribution in [3.8, 4) is 11.3 Å². The summed E-state index contributed by atoms with van der Waals surface area (Å²) in [6.07, 6.45) is 1.82. The number of para-hydroxylation sites is 3. The summed E-state index contributed by atoms with van der Waals surface area (Å²) in [6, 6.07) is 32.7. The van der Waals surface area contributed by atoms with Crippen LogP contribution in [0.5, 0.6) is 0 Å². The van der Waals surface area contributed by atoms with Gasteiger partial charge in [0.25, 0.3) is 0 Å². The molecule has 0 radical (unpaired) electrons. The number of rotatable bonds is 1. The minimum atomic E-state index is 0.787. The van der Waals surface area contributed by atoms with E-state index in [2.05, 4.69) is 42.5 Å². The van der Waals surface area contributed by atoms with Crippen LogP contribution < -0.4 is 0 Å². The van der Waals surface area contributed by atoms with Crippen LogP contribution in [0.15, 0.2) is 103 Å². The summed E-state index contributed by atoms with van der Waals surface area (Å²) in [5, 5.41) is 4.13. The van der Waals surface area contributed by atoms with Crippen LogP contribution in [0.4, 0.5) is 0 Å². The van der Waals surface area contributed by atoms with Crippen LogP contribution >= 0.6 is 0 Å². The fraction of sp³-hybridized carbons (Fsp3) is 0. The fourth-order valence-corrected chi connectivity index (χ4v) is 5.17. The Bertz CT molecular complexity index is 2170. The first-order valence-electron chi connectivity index (χ1n) is 11.9. The van der Waals surface area contributed by atoms with Crippen LogP contribution in [0.3, 0.4) is 0 Å². The van der Waals surface area contributed by atoms with Crippen LogP contribution in [0.1, 0.15) is 0 Å². The minimum absolute atomic E-state index is 0.787. The summed E-state index contributed by atoms with van der Waals surface area (Å²) < 4.78 is 0. The highest BCUT2D eigenvalue weighted by atomic mass is 14.8. The molecule has 5 heteroatoms. The Labute approximate surface area is 205 Å². The van der Waals surface area contributed by atoms with Gasteiger partial charge in [-0.2, -0.15) is 0 Å². The van der Waals surface area contributed by atoms with E-state index in [9.17, 15) is 0 Å². The second-order valence-corrected chi connectivity index (χ2v) is 8.96. The highest BCUT2D eigenvalue weighted by molar-refractivity contribution is 6.21. The zero-order valence-electron chi connectivity index (χ0n) is 19.1. The van der Waals surface area contributed by atoms with Crippen LogP contribution in [-0.2, 0) is 0 Å². The average Bonchev–Trinajstić information content (AvgIpc) is 2.95. The summed E-state index contributed by atoms with van der Waals surface area (Å²) in [6.45, 7) is 0. The predicted octanol–water partition coefficient (Wildman–Crippen LogP) is 7.25. The number of fused-ring (bicyclic) bond motifs is 9. The number of pyridine rings is 3. The van der Waals surface area contributed by atoms with Gasteiger partial charge < -0.3 is 0 Å². The van der Waals surface area contributed by atoms with E-state index in [0.29, 0.717) is 0 Å². The van der Waals surface area contributed by atoms with Gasteiger partial charge in [-0.1, -0.05) is 42.5 Å². The first kappa shape index (κ1) is 19.3. The molecule has 166 valence electrons. The topological polar surface area (TPSA) is 64.5 Å². The lowest BCUT2D eigenvalue weighted by Gasteiger charge is -2.12. The van der Waals surface area contributed by atoms with E-state index >= 15 is 0 Å². The molecule has 0 saturated carbocycles. The summed E-state index contributed by atoms with van der Waals surface area (Å²) in [5.41, 5.74) is 8.84. The van der Waals surface area contributed by atoms with Crippen LogP contribution in [0.2, 0.25) is 0 Å². The van der Waals surface area contributed by atoms with Crippen molar-refractivity contribution >= 4 is 65.7 Å². The Kier molecular flexibility index (Phi) is 3.88. The van der Waals surface area contributed by atoms with E-state index in [1.54, 1.807) is 0 Å². The zero-order chi connectivity index (χ0) is 23.6. The van der Waals surface area contributed by atoms with Crippen molar-refractivity contribution in [1.29, 1.82) is 0 Å². The average molecular weight is 460 g/mol. The lowest BCUT2D eigenvalue weighted by molar-refractivity contribution is 1.36. The Morgan fingerprint density at radius 3 is 2.03 bits per heavy atom. The standard InChI is InChI=1S/C31H17N5/c1-2-10-23-18(7-1)17-22-19(8-5-13-24(22)33-23)25-15-14-21-28-20(9-6-16-32-28)29-31(30(21)34-25)36-27-12-4-3-11-26(27)35-29/h1-17H. The molecule has 0 amide bonds. The number of nitrogens with zero attached hydrogens (tertiary/aromatic N) is 5. The molecular formula is C31H17N5. The molecular weight excluding hydrogens is 442 g/mol. The number of aromatic nitrogens is 5. The predicted molar refractivity (Wildman–Crippen MR) is 146 cm³/mol. The summed E-state index contributed by atoms with van der Waals surface area (Å²) in [5.74, 6) is 0. The third-order valence-electron chi connectivity index (χ3n) is 6.84. The normalized spacial score (nSPS) is 11.9. The molecule has 0 saturated heterocycles. The van der Waals surface area contributed by atoms with Crippen molar-refractivity contribution in [2.75, 3.05) is 0 Å². The van der Waals surface area contributed by atoms with Crippen molar-refractivity contribution < 1.29 is 0 Å². The molecule has 0 aliphatic carbocycles. The fourth-order valence-electron chi connectivity index (χ4n) is 5.17. The Hall–Kier alpha value is -5.03. The molecule has 0 N–H and O–H groups in total.